The molecule has 2 aromatic rings. The fraction of sp³-hybridized carbons (Fsp3) is 0.560. The van der Waals surface area contributed by atoms with E-state index in [4.69, 9.17) is 0 Å². The van der Waals surface area contributed by atoms with Crippen LogP contribution in [0.25, 0.3) is 11.3 Å². The van der Waals surface area contributed by atoms with E-state index in [0.717, 1.165) is 6.42 Å². The second-order valence-corrected chi connectivity index (χ2v) is 10.1. The lowest BCUT2D eigenvalue weighted by Crippen LogP contribution is -2.35. The zero-order valence-corrected chi connectivity index (χ0v) is 18.0. The van der Waals surface area contributed by atoms with Gasteiger partial charge in [0.2, 0.25) is 5.69 Å². The van der Waals surface area contributed by atoms with Crippen LogP contribution in [0.2, 0.25) is 0 Å². The fourth-order valence-corrected chi connectivity index (χ4v) is 4.48. The second-order valence-electron chi connectivity index (χ2n) is 10.1. The van der Waals surface area contributed by atoms with E-state index >= 15 is 0 Å². The van der Waals surface area contributed by atoms with Gasteiger partial charge in [0.15, 0.2) is 6.20 Å². The lowest BCUT2D eigenvalue weighted by Gasteiger charge is -2.42. The SMILES string of the molecule is Cc1cc2c(cc1-c1cc(CC(C)C)cc[n+]1C)C(C)(C)CCC2(C)C. The molecule has 0 unspecified atom stereocenters. The van der Waals surface area contributed by atoms with Crippen LogP contribution in [-0.2, 0) is 24.3 Å². The number of aromatic nitrogens is 1. The minimum absolute atomic E-state index is 0.251. The predicted molar refractivity (Wildman–Crippen MR) is 112 cm³/mol. The molecule has 1 heteroatoms. The number of hydrogen-bond acceptors (Lipinski definition) is 0. The monoisotopic (exact) mass is 350 g/mol. The van der Waals surface area contributed by atoms with Crippen LogP contribution < -0.4 is 4.57 Å². The summed E-state index contributed by atoms with van der Waals surface area (Å²) in [4.78, 5) is 0. The molecule has 0 aliphatic heterocycles. The van der Waals surface area contributed by atoms with Crippen LogP contribution in [0, 0.1) is 12.8 Å². The van der Waals surface area contributed by atoms with Crippen molar-refractivity contribution in [1.82, 2.24) is 0 Å². The molecular weight excluding hydrogens is 314 g/mol. The number of rotatable bonds is 3. The summed E-state index contributed by atoms with van der Waals surface area (Å²) in [6.07, 6.45) is 5.88. The van der Waals surface area contributed by atoms with E-state index in [1.165, 1.54) is 35.2 Å². The van der Waals surface area contributed by atoms with Gasteiger partial charge in [-0.3, -0.25) is 0 Å². The smallest absolute Gasteiger partial charge is 0.201 e. The van der Waals surface area contributed by atoms with E-state index in [2.05, 4.69) is 90.5 Å². The Labute approximate surface area is 160 Å². The first-order valence-corrected chi connectivity index (χ1v) is 10.2. The Balaban J connectivity index is 2.19. The van der Waals surface area contributed by atoms with Gasteiger partial charge < -0.3 is 0 Å². The predicted octanol–water partition coefficient (Wildman–Crippen LogP) is 6.03. The van der Waals surface area contributed by atoms with E-state index < -0.39 is 0 Å². The van der Waals surface area contributed by atoms with E-state index in [1.807, 2.05) is 0 Å². The van der Waals surface area contributed by atoms with Gasteiger partial charge in [-0.15, -0.1) is 0 Å². The molecule has 0 spiro atoms. The van der Waals surface area contributed by atoms with Gasteiger partial charge in [-0.1, -0.05) is 47.6 Å². The summed E-state index contributed by atoms with van der Waals surface area (Å²) in [5, 5.41) is 0. The second kappa shape index (κ2) is 6.51. The van der Waals surface area contributed by atoms with Crippen molar-refractivity contribution in [3.63, 3.8) is 0 Å². The molecule has 0 bridgehead atoms. The van der Waals surface area contributed by atoms with Crippen LogP contribution in [-0.4, -0.2) is 0 Å². The first kappa shape index (κ1) is 19.1. The van der Waals surface area contributed by atoms with Gasteiger partial charge in [0.1, 0.15) is 7.05 Å². The average Bonchev–Trinajstić information content (AvgIpc) is 2.53. The lowest BCUT2D eigenvalue weighted by atomic mass is 9.62. The number of aryl methyl sites for hydroxylation is 2. The molecule has 0 N–H and O–H groups in total. The van der Waals surface area contributed by atoms with E-state index in [0.29, 0.717) is 5.92 Å². The van der Waals surface area contributed by atoms with Crippen LogP contribution in [0.1, 0.15) is 76.6 Å². The largest absolute Gasteiger partial charge is 0.212 e. The molecule has 1 aliphatic carbocycles. The Bertz CT molecular complexity index is 824. The molecule has 3 rings (SSSR count). The lowest BCUT2D eigenvalue weighted by molar-refractivity contribution is -0.660. The number of fused-ring (bicyclic) bond motifs is 1. The topological polar surface area (TPSA) is 3.88 Å². The van der Waals surface area contributed by atoms with Crippen LogP contribution in [0.3, 0.4) is 0 Å². The van der Waals surface area contributed by atoms with Crippen LogP contribution in [0.5, 0.6) is 0 Å². The maximum atomic E-state index is 2.50. The molecule has 0 radical (unpaired) electrons. The highest BCUT2D eigenvalue weighted by Crippen LogP contribution is 2.47. The number of benzene rings is 1. The minimum Gasteiger partial charge on any atom is -0.201 e. The minimum atomic E-state index is 0.251. The fourth-order valence-electron chi connectivity index (χ4n) is 4.48. The standard InChI is InChI=1S/C25H36N/c1-17(2)13-19-9-12-26(8)23(15-19)20-16-22-21(14-18(20)3)24(4,5)10-11-25(22,6)7/h9,12,14-17H,10-11,13H2,1-8H3/q+1. The van der Waals surface area contributed by atoms with Crippen molar-refractivity contribution in [3.05, 3.63) is 52.7 Å². The Morgan fingerprint density at radius 3 is 2.12 bits per heavy atom. The van der Waals surface area contributed by atoms with Gasteiger partial charge in [-0.25, -0.2) is 4.57 Å². The van der Waals surface area contributed by atoms with Crippen molar-refractivity contribution < 1.29 is 4.57 Å². The molecule has 0 fully saturated rings. The van der Waals surface area contributed by atoms with Gasteiger partial charge in [0, 0.05) is 17.7 Å². The Hall–Kier alpha value is -1.63. The van der Waals surface area contributed by atoms with Gasteiger partial charge in [-0.2, -0.15) is 0 Å². The first-order valence-electron chi connectivity index (χ1n) is 10.2. The number of pyridine rings is 1. The summed E-state index contributed by atoms with van der Waals surface area (Å²) in [5.41, 5.74) is 9.18. The zero-order chi connectivity index (χ0) is 19.3. The highest BCUT2D eigenvalue weighted by atomic mass is 14.9. The summed E-state index contributed by atoms with van der Waals surface area (Å²) in [6.45, 7) is 16.5. The zero-order valence-electron chi connectivity index (χ0n) is 18.0. The Morgan fingerprint density at radius 2 is 1.54 bits per heavy atom. The summed E-state index contributed by atoms with van der Waals surface area (Å²) in [5.74, 6) is 0.680. The molecule has 0 atom stereocenters. The van der Waals surface area contributed by atoms with Crippen molar-refractivity contribution in [2.45, 2.75) is 78.6 Å². The van der Waals surface area contributed by atoms with Gasteiger partial charge in [0.05, 0.1) is 0 Å². The van der Waals surface area contributed by atoms with Gasteiger partial charge in [0.25, 0.3) is 0 Å². The Kier molecular flexibility index (Phi) is 4.80. The highest BCUT2D eigenvalue weighted by molar-refractivity contribution is 5.65. The van der Waals surface area contributed by atoms with E-state index in [9.17, 15) is 0 Å². The van der Waals surface area contributed by atoms with Gasteiger partial charge in [-0.05, 0) is 71.3 Å². The summed E-state index contributed by atoms with van der Waals surface area (Å²) in [6, 6.07) is 9.64. The van der Waals surface area contributed by atoms with Gasteiger partial charge >= 0.3 is 0 Å². The maximum Gasteiger partial charge on any atom is 0.212 e. The van der Waals surface area contributed by atoms with E-state index in [1.54, 1.807) is 11.1 Å². The average molecular weight is 351 g/mol. The summed E-state index contributed by atoms with van der Waals surface area (Å²) in [7, 11) is 2.17. The summed E-state index contributed by atoms with van der Waals surface area (Å²) < 4.78 is 2.28. The molecule has 0 saturated carbocycles. The highest BCUT2D eigenvalue weighted by Gasteiger charge is 2.37. The molecule has 1 aromatic carbocycles. The van der Waals surface area contributed by atoms with Crippen LogP contribution in [0.15, 0.2) is 30.5 Å². The molecule has 0 saturated heterocycles. The quantitative estimate of drug-likeness (QED) is 0.595. The molecular formula is C25H36N+. The van der Waals surface area contributed by atoms with E-state index in [-0.39, 0.29) is 10.8 Å². The number of nitrogens with zero attached hydrogens (tertiary/aromatic N) is 1. The van der Waals surface area contributed by atoms with Crippen molar-refractivity contribution >= 4 is 0 Å². The Morgan fingerprint density at radius 1 is 0.962 bits per heavy atom. The van der Waals surface area contributed by atoms with Crippen molar-refractivity contribution in [2.24, 2.45) is 13.0 Å². The molecule has 1 nitrogen and oxygen atoms in total. The molecule has 140 valence electrons. The van der Waals surface area contributed by atoms with Crippen LogP contribution in [0.4, 0.5) is 0 Å². The first-order chi connectivity index (χ1) is 12.0. The van der Waals surface area contributed by atoms with Crippen LogP contribution >= 0.6 is 0 Å². The normalized spacial score (nSPS) is 18.0. The number of hydrogen-bond donors (Lipinski definition) is 0. The summed E-state index contributed by atoms with van der Waals surface area (Å²) >= 11 is 0. The molecule has 1 heterocycles. The maximum absolute atomic E-state index is 2.50. The third-order valence-corrected chi connectivity index (χ3v) is 6.33. The third kappa shape index (κ3) is 3.46. The third-order valence-electron chi connectivity index (χ3n) is 6.33. The molecule has 26 heavy (non-hydrogen) atoms. The molecule has 1 aromatic heterocycles. The van der Waals surface area contributed by atoms with Crippen molar-refractivity contribution in [2.75, 3.05) is 0 Å². The van der Waals surface area contributed by atoms with Crippen molar-refractivity contribution in [1.29, 1.82) is 0 Å². The molecule has 1 aliphatic rings. The van der Waals surface area contributed by atoms with Crippen molar-refractivity contribution in [3.8, 4) is 11.3 Å². The molecule has 0 amide bonds.